The number of Topliss-reactive ketones (excluding diaryl/α,β-unsaturated/α-hetero) is 1. The third-order valence-corrected chi connectivity index (χ3v) is 4.91. The molecule has 0 unspecified atom stereocenters. The third kappa shape index (κ3) is 2.87. The minimum absolute atomic E-state index is 0.0602. The topological polar surface area (TPSA) is 46.6 Å². The molecule has 2 aliphatic rings. The van der Waals surface area contributed by atoms with E-state index in [1.807, 2.05) is 13.8 Å². The number of carbonyl (C=O) groups is 2. The van der Waals surface area contributed by atoms with Crippen LogP contribution in [-0.2, 0) is 4.79 Å². The van der Waals surface area contributed by atoms with E-state index in [0.29, 0.717) is 11.3 Å². The zero-order valence-electron chi connectivity index (χ0n) is 13.5. The second-order valence-electron chi connectivity index (χ2n) is 6.61. The van der Waals surface area contributed by atoms with Crippen LogP contribution in [0, 0.1) is 13.8 Å². The van der Waals surface area contributed by atoms with E-state index in [1.54, 1.807) is 12.1 Å². The molecule has 0 aromatic heterocycles. The maximum absolute atomic E-state index is 12.5. The van der Waals surface area contributed by atoms with Crippen molar-refractivity contribution < 1.29 is 27.5 Å². The Balaban J connectivity index is 1.79. The summed E-state index contributed by atoms with van der Waals surface area (Å²) >= 11 is 0. The van der Waals surface area contributed by atoms with Crippen molar-refractivity contribution in [3.8, 4) is 5.75 Å². The number of piperidine rings is 1. The molecule has 1 aromatic rings. The Kier molecular flexibility index (Phi) is 3.85. The minimum Gasteiger partial charge on any atom is -0.486 e. The summed E-state index contributed by atoms with van der Waals surface area (Å²) in [6.45, 7) is 3.70. The lowest BCUT2D eigenvalue weighted by atomic mass is 9.82. The van der Waals surface area contributed by atoms with Gasteiger partial charge in [0.25, 0.3) is 0 Å². The molecule has 2 heterocycles. The van der Waals surface area contributed by atoms with Crippen molar-refractivity contribution in [3.05, 3.63) is 28.8 Å². The molecule has 0 bridgehead atoms. The van der Waals surface area contributed by atoms with Crippen LogP contribution < -0.4 is 4.74 Å². The van der Waals surface area contributed by atoms with Gasteiger partial charge >= 0.3 is 12.1 Å². The first-order chi connectivity index (χ1) is 11.1. The summed E-state index contributed by atoms with van der Waals surface area (Å²) in [5, 5.41) is 0. The standard InChI is InChI=1S/C17H18F3NO3/c1-10-7-12-13(22)9-16(24-14(12)8-11(10)2)3-5-21(6-4-16)15(23)17(18,19)20/h7-8H,3-6,9H2,1-2H3. The number of nitrogens with zero attached hydrogens (tertiary/aromatic N) is 1. The number of amides is 1. The molecule has 0 saturated carbocycles. The van der Waals surface area contributed by atoms with Crippen LogP contribution in [0.3, 0.4) is 0 Å². The van der Waals surface area contributed by atoms with E-state index in [9.17, 15) is 22.8 Å². The highest BCUT2D eigenvalue weighted by molar-refractivity contribution is 6.00. The van der Waals surface area contributed by atoms with Gasteiger partial charge in [-0.2, -0.15) is 13.2 Å². The Bertz CT molecular complexity index is 704. The lowest BCUT2D eigenvalue weighted by molar-refractivity contribution is -0.188. The highest BCUT2D eigenvalue weighted by atomic mass is 19.4. The first-order valence-electron chi connectivity index (χ1n) is 7.81. The van der Waals surface area contributed by atoms with Crippen LogP contribution in [0.15, 0.2) is 12.1 Å². The van der Waals surface area contributed by atoms with Crippen LogP contribution in [-0.4, -0.2) is 41.5 Å². The second kappa shape index (κ2) is 5.50. The minimum atomic E-state index is -4.87. The molecule has 24 heavy (non-hydrogen) atoms. The molecule has 7 heteroatoms. The van der Waals surface area contributed by atoms with Crippen LogP contribution in [0.1, 0.15) is 40.7 Å². The highest BCUT2D eigenvalue weighted by Gasteiger charge is 2.48. The zero-order valence-corrected chi connectivity index (χ0v) is 13.5. The van der Waals surface area contributed by atoms with E-state index >= 15 is 0 Å². The number of likely N-dealkylation sites (tertiary alicyclic amines) is 1. The summed E-state index contributed by atoms with van der Waals surface area (Å²) in [5.74, 6) is -1.40. The van der Waals surface area contributed by atoms with E-state index in [2.05, 4.69) is 0 Å². The van der Waals surface area contributed by atoms with Gasteiger partial charge in [-0.15, -0.1) is 0 Å². The fourth-order valence-electron chi connectivity index (χ4n) is 3.32. The zero-order chi connectivity index (χ0) is 17.7. The lowest BCUT2D eigenvalue weighted by Gasteiger charge is -2.44. The van der Waals surface area contributed by atoms with Gasteiger partial charge in [-0.1, -0.05) is 0 Å². The Morgan fingerprint density at radius 3 is 2.33 bits per heavy atom. The summed E-state index contributed by atoms with van der Waals surface area (Å²) in [5.41, 5.74) is 1.70. The Hall–Kier alpha value is -2.05. The molecule has 4 nitrogen and oxygen atoms in total. The molecule has 0 aliphatic carbocycles. The van der Waals surface area contributed by atoms with Crippen LogP contribution in [0.2, 0.25) is 0 Å². The molecule has 2 aliphatic heterocycles. The molecule has 1 saturated heterocycles. The van der Waals surface area contributed by atoms with E-state index in [0.717, 1.165) is 16.0 Å². The van der Waals surface area contributed by atoms with Crippen LogP contribution in [0.4, 0.5) is 13.2 Å². The number of aryl methyl sites for hydroxylation is 2. The Morgan fingerprint density at radius 1 is 1.17 bits per heavy atom. The normalized spacial score (nSPS) is 19.9. The largest absolute Gasteiger partial charge is 0.486 e. The molecular formula is C17H18F3NO3. The second-order valence-corrected chi connectivity index (χ2v) is 6.61. The van der Waals surface area contributed by atoms with Gasteiger partial charge < -0.3 is 9.64 Å². The van der Waals surface area contributed by atoms with Crippen molar-refractivity contribution in [2.75, 3.05) is 13.1 Å². The fraction of sp³-hybridized carbons (Fsp3) is 0.529. The summed E-state index contributed by atoms with van der Waals surface area (Å²) in [7, 11) is 0. The number of halogens is 3. The van der Waals surface area contributed by atoms with Gasteiger partial charge in [-0.05, 0) is 37.1 Å². The van der Waals surface area contributed by atoms with Gasteiger partial charge in [0.1, 0.15) is 11.4 Å². The molecule has 0 radical (unpaired) electrons. The smallest absolute Gasteiger partial charge is 0.471 e. The number of carbonyl (C=O) groups excluding carboxylic acids is 2. The van der Waals surface area contributed by atoms with Crippen molar-refractivity contribution in [1.82, 2.24) is 4.90 Å². The summed E-state index contributed by atoms with van der Waals surface area (Å²) in [6.07, 6.45) is -4.30. The average Bonchev–Trinajstić information content (AvgIpc) is 2.49. The maximum atomic E-state index is 12.5. The van der Waals surface area contributed by atoms with Crippen molar-refractivity contribution in [2.45, 2.75) is 44.9 Å². The first kappa shape index (κ1) is 16.8. The number of ketones is 1. The summed E-state index contributed by atoms with van der Waals surface area (Å²) < 4.78 is 43.6. The predicted octanol–water partition coefficient (Wildman–Crippen LogP) is 3.19. The molecule has 1 amide bonds. The Morgan fingerprint density at radius 2 is 1.75 bits per heavy atom. The maximum Gasteiger partial charge on any atom is 0.471 e. The van der Waals surface area contributed by atoms with E-state index in [1.165, 1.54) is 0 Å². The molecule has 0 atom stereocenters. The Labute approximate surface area is 137 Å². The fourth-order valence-corrected chi connectivity index (χ4v) is 3.32. The molecule has 0 N–H and O–H groups in total. The van der Waals surface area contributed by atoms with E-state index in [4.69, 9.17) is 4.74 Å². The van der Waals surface area contributed by atoms with Crippen molar-refractivity contribution in [3.63, 3.8) is 0 Å². The number of hydrogen-bond acceptors (Lipinski definition) is 3. The van der Waals surface area contributed by atoms with Crippen LogP contribution in [0.5, 0.6) is 5.75 Å². The van der Waals surface area contributed by atoms with E-state index in [-0.39, 0.29) is 38.1 Å². The van der Waals surface area contributed by atoms with Gasteiger partial charge in [-0.25, -0.2) is 0 Å². The van der Waals surface area contributed by atoms with Crippen LogP contribution >= 0.6 is 0 Å². The quantitative estimate of drug-likeness (QED) is 0.728. The van der Waals surface area contributed by atoms with Crippen molar-refractivity contribution >= 4 is 11.7 Å². The number of hydrogen-bond donors (Lipinski definition) is 0. The predicted molar refractivity (Wildman–Crippen MR) is 80.1 cm³/mol. The molecule has 3 rings (SSSR count). The van der Waals surface area contributed by atoms with Gasteiger partial charge in [0, 0.05) is 25.9 Å². The van der Waals surface area contributed by atoms with Gasteiger partial charge in [-0.3, -0.25) is 9.59 Å². The number of rotatable bonds is 0. The average molecular weight is 341 g/mol. The molecule has 1 spiro atoms. The first-order valence-corrected chi connectivity index (χ1v) is 7.81. The number of fused-ring (bicyclic) bond motifs is 1. The summed E-state index contributed by atoms with van der Waals surface area (Å²) in [4.78, 5) is 24.6. The number of ether oxygens (including phenoxy) is 1. The number of benzene rings is 1. The molecule has 130 valence electrons. The SMILES string of the molecule is Cc1cc2c(cc1C)C(=O)CC1(CCN(C(=O)C(F)(F)F)CC1)O2. The monoisotopic (exact) mass is 341 g/mol. The molecule has 1 aromatic carbocycles. The van der Waals surface area contributed by atoms with Crippen molar-refractivity contribution in [1.29, 1.82) is 0 Å². The number of alkyl halides is 3. The van der Waals surface area contributed by atoms with Crippen molar-refractivity contribution in [2.24, 2.45) is 0 Å². The van der Waals surface area contributed by atoms with Gasteiger partial charge in [0.2, 0.25) is 0 Å². The van der Waals surface area contributed by atoms with Gasteiger partial charge in [0.15, 0.2) is 5.78 Å². The highest BCUT2D eigenvalue weighted by Crippen LogP contribution is 2.40. The van der Waals surface area contributed by atoms with Gasteiger partial charge in [0.05, 0.1) is 12.0 Å². The lowest BCUT2D eigenvalue weighted by Crippen LogP contribution is -2.54. The summed E-state index contributed by atoms with van der Waals surface area (Å²) in [6, 6.07) is 3.60. The third-order valence-electron chi connectivity index (χ3n) is 4.91. The molecular weight excluding hydrogens is 323 g/mol. The van der Waals surface area contributed by atoms with Crippen LogP contribution in [0.25, 0.3) is 0 Å². The molecule has 1 fully saturated rings. The van der Waals surface area contributed by atoms with E-state index < -0.39 is 17.7 Å².